The Morgan fingerprint density at radius 1 is 1.14 bits per heavy atom. The van der Waals surface area contributed by atoms with E-state index in [1.54, 1.807) is 0 Å². The van der Waals surface area contributed by atoms with Crippen LogP contribution in [0.2, 0.25) is 0 Å². The molecule has 7 heteroatoms. The highest BCUT2D eigenvalue weighted by atomic mass is 19.3. The molecule has 0 aromatic heterocycles. The molecule has 1 saturated heterocycles. The fourth-order valence-electron chi connectivity index (χ4n) is 3.00. The molecule has 0 aromatic rings. The molecule has 0 bridgehead atoms. The molecule has 1 aliphatic carbocycles. The topological polar surface area (TPSA) is 44.8 Å². The van der Waals surface area contributed by atoms with Gasteiger partial charge in [0.25, 0.3) is 5.67 Å². The van der Waals surface area contributed by atoms with E-state index in [2.05, 4.69) is 4.74 Å². The Hall–Kier alpha value is -0.820. The molecule has 2 rings (SSSR count). The zero-order chi connectivity index (χ0) is 15.8. The number of methoxy groups -OCH3 is 1. The molecule has 0 aromatic carbocycles. The van der Waals surface area contributed by atoms with Crippen molar-refractivity contribution in [2.45, 2.75) is 75.5 Å². The SMILES string of the molecule is COC(=O)C(C)(F)C(F)(F)C1OC2CCCCC2OC1C. The summed E-state index contributed by atoms with van der Waals surface area (Å²) >= 11 is 0. The van der Waals surface area contributed by atoms with Crippen LogP contribution in [0.4, 0.5) is 13.2 Å². The van der Waals surface area contributed by atoms with E-state index in [0.717, 1.165) is 26.4 Å². The van der Waals surface area contributed by atoms with Crippen LogP contribution in [0.25, 0.3) is 0 Å². The summed E-state index contributed by atoms with van der Waals surface area (Å²) in [6.07, 6.45) is -0.348. The number of carbonyl (C=O) groups excluding carboxylic acids is 1. The second-order valence-electron chi connectivity index (χ2n) is 5.88. The van der Waals surface area contributed by atoms with Crippen molar-refractivity contribution in [2.75, 3.05) is 7.11 Å². The number of rotatable bonds is 3. The predicted molar refractivity (Wildman–Crippen MR) is 67.9 cm³/mol. The maximum absolute atomic E-state index is 14.5. The maximum Gasteiger partial charge on any atom is 0.349 e. The van der Waals surface area contributed by atoms with Crippen molar-refractivity contribution in [1.29, 1.82) is 0 Å². The van der Waals surface area contributed by atoms with Crippen LogP contribution in [0.3, 0.4) is 0 Å². The Balaban J connectivity index is 2.20. The lowest BCUT2D eigenvalue weighted by atomic mass is 9.88. The Kier molecular flexibility index (Phi) is 4.54. The molecule has 2 aliphatic rings. The molecule has 5 unspecified atom stereocenters. The van der Waals surface area contributed by atoms with Gasteiger partial charge in [-0.3, -0.25) is 0 Å². The van der Waals surface area contributed by atoms with Crippen LogP contribution >= 0.6 is 0 Å². The molecule has 1 aliphatic heterocycles. The molecular weight excluding hydrogens is 289 g/mol. The van der Waals surface area contributed by atoms with Crippen LogP contribution in [-0.4, -0.2) is 49.1 Å². The monoisotopic (exact) mass is 310 g/mol. The highest BCUT2D eigenvalue weighted by molar-refractivity contribution is 5.80. The van der Waals surface area contributed by atoms with Crippen LogP contribution in [0.1, 0.15) is 39.5 Å². The Morgan fingerprint density at radius 2 is 1.67 bits per heavy atom. The zero-order valence-electron chi connectivity index (χ0n) is 12.4. The van der Waals surface area contributed by atoms with E-state index in [0.29, 0.717) is 13.3 Å². The van der Waals surface area contributed by atoms with E-state index in [4.69, 9.17) is 9.47 Å². The zero-order valence-corrected chi connectivity index (χ0v) is 12.4. The summed E-state index contributed by atoms with van der Waals surface area (Å²) in [5, 5.41) is 0. The Bertz CT molecular complexity index is 400. The Labute approximate surface area is 121 Å². The number of hydrogen-bond donors (Lipinski definition) is 0. The molecule has 0 radical (unpaired) electrons. The van der Waals surface area contributed by atoms with E-state index in [-0.39, 0.29) is 6.10 Å². The van der Waals surface area contributed by atoms with Gasteiger partial charge in [0.1, 0.15) is 0 Å². The molecule has 0 spiro atoms. The third-order valence-corrected chi connectivity index (χ3v) is 4.33. The predicted octanol–water partition coefficient (Wildman–Crippen LogP) is 2.64. The van der Waals surface area contributed by atoms with Gasteiger partial charge in [-0.05, 0) is 26.7 Å². The average Bonchev–Trinajstić information content (AvgIpc) is 2.45. The van der Waals surface area contributed by atoms with Crippen LogP contribution < -0.4 is 0 Å². The molecule has 122 valence electrons. The molecule has 0 amide bonds. The van der Waals surface area contributed by atoms with Crippen molar-refractivity contribution >= 4 is 5.97 Å². The van der Waals surface area contributed by atoms with E-state index in [9.17, 15) is 18.0 Å². The van der Waals surface area contributed by atoms with Crippen LogP contribution in [0.15, 0.2) is 0 Å². The van der Waals surface area contributed by atoms with Gasteiger partial charge < -0.3 is 14.2 Å². The number of carbonyl (C=O) groups is 1. The standard InChI is InChI=1S/C14H21F3O4/c1-8-11(14(16,17)13(2,15)12(18)19-3)21-10-7-5-4-6-9(10)20-8/h8-11H,4-7H2,1-3H3. The fraction of sp³-hybridized carbons (Fsp3) is 0.929. The highest BCUT2D eigenvalue weighted by Gasteiger charge is 2.65. The first-order valence-corrected chi connectivity index (χ1v) is 7.18. The highest BCUT2D eigenvalue weighted by Crippen LogP contribution is 2.43. The lowest BCUT2D eigenvalue weighted by Crippen LogP contribution is -2.64. The summed E-state index contributed by atoms with van der Waals surface area (Å²) in [7, 11) is 0.870. The van der Waals surface area contributed by atoms with Crippen molar-refractivity contribution in [1.82, 2.24) is 0 Å². The molecule has 5 atom stereocenters. The first-order valence-electron chi connectivity index (χ1n) is 7.18. The van der Waals surface area contributed by atoms with E-state index >= 15 is 0 Å². The van der Waals surface area contributed by atoms with Gasteiger partial charge in [-0.15, -0.1) is 0 Å². The molecule has 21 heavy (non-hydrogen) atoms. The molecule has 1 heterocycles. The summed E-state index contributed by atoms with van der Waals surface area (Å²) < 4.78 is 58.3. The third kappa shape index (κ3) is 2.77. The van der Waals surface area contributed by atoms with Gasteiger partial charge in [0, 0.05) is 0 Å². The first kappa shape index (κ1) is 16.5. The van der Waals surface area contributed by atoms with Crippen LogP contribution in [-0.2, 0) is 19.0 Å². The lowest BCUT2D eigenvalue weighted by molar-refractivity contribution is -0.303. The summed E-state index contributed by atoms with van der Waals surface area (Å²) in [5.41, 5.74) is -3.47. The molecule has 1 saturated carbocycles. The van der Waals surface area contributed by atoms with Crippen molar-refractivity contribution in [3.05, 3.63) is 0 Å². The van der Waals surface area contributed by atoms with Gasteiger partial charge in [0.05, 0.1) is 25.4 Å². The Morgan fingerprint density at radius 3 is 2.19 bits per heavy atom. The van der Waals surface area contributed by atoms with Crippen LogP contribution in [0.5, 0.6) is 0 Å². The van der Waals surface area contributed by atoms with Gasteiger partial charge in [-0.25, -0.2) is 9.18 Å². The van der Waals surface area contributed by atoms with Gasteiger partial charge in [-0.2, -0.15) is 8.78 Å². The smallest absolute Gasteiger partial charge is 0.349 e. The summed E-state index contributed by atoms with van der Waals surface area (Å²) in [6.45, 7) is 1.93. The van der Waals surface area contributed by atoms with E-state index in [1.807, 2.05) is 0 Å². The van der Waals surface area contributed by atoms with Crippen molar-refractivity contribution in [2.24, 2.45) is 0 Å². The second-order valence-corrected chi connectivity index (χ2v) is 5.88. The number of ether oxygens (including phenoxy) is 3. The minimum atomic E-state index is -4.04. The number of halogens is 3. The fourth-order valence-corrected chi connectivity index (χ4v) is 3.00. The quantitative estimate of drug-likeness (QED) is 0.752. The van der Waals surface area contributed by atoms with Gasteiger partial charge >= 0.3 is 11.9 Å². The summed E-state index contributed by atoms with van der Waals surface area (Å²) in [4.78, 5) is 11.3. The van der Waals surface area contributed by atoms with Crippen molar-refractivity contribution in [3.63, 3.8) is 0 Å². The lowest BCUT2D eigenvalue weighted by Gasteiger charge is -2.46. The average molecular weight is 310 g/mol. The first-order chi connectivity index (χ1) is 9.71. The van der Waals surface area contributed by atoms with E-state index < -0.39 is 35.9 Å². The van der Waals surface area contributed by atoms with E-state index in [1.165, 1.54) is 6.92 Å². The minimum Gasteiger partial charge on any atom is -0.466 e. The second kappa shape index (κ2) is 5.76. The largest absolute Gasteiger partial charge is 0.466 e. The number of hydrogen-bond acceptors (Lipinski definition) is 4. The van der Waals surface area contributed by atoms with Crippen molar-refractivity contribution in [3.8, 4) is 0 Å². The molecule has 2 fully saturated rings. The summed E-state index contributed by atoms with van der Waals surface area (Å²) in [6, 6.07) is 0. The third-order valence-electron chi connectivity index (χ3n) is 4.33. The number of alkyl halides is 3. The minimum absolute atomic E-state index is 0.232. The number of esters is 1. The maximum atomic E-state index is 14.5. The number of fused-ring (bicyclic) bond motifs is 1. The van der Waals surface area contributed by atoms with Gasteiger partial charge in [0.15, 0.2) is 6.10 Å². The molecule has 0 N–H and O–H groups in total. The molecule has 4 nitrogen and oxygen atoms in total. The normalized spacial score (nSPS) is 36.5. The van der Waals surface area contributed by atoms with Crippen molar-refractivity contribution < 1.29 is 32.2 Å². The van der Waals surface area contributed by atoms with Gasteiger partial charge in [-0.1, -0.05) is 12.8 Å². The van der Waals surface area contributed by atoms with Crippen LogP contribution in [0, 0.1) is 0 Å². The summed E-state index contributed by atoms with van der Waals surface area (Å²) in [5.74, 6) is -5.66. The van der Waals surface area contributed by atoms with Gasteiger partial charge in [0.2, 0.25) is 0 Å². The molecular formula is C14H21F3O4.